The number of benzene rings is 2. The van der Waals surface area contributed by atoms with Crippen molar-refractivity contribution >= 4 is 29.1 Å². The molecule has 0 heterocycles. The molecule has 0 aromatic heterocycles. The predicted octanol–water partition coefficient (Wildman–Crippen LogP) is 2.55. The fraction of sp³-hybridized carbons (Fsp3) is 0.222. The maximum atomic E-state index is 12.0. The van der Waals surface area contributed by atoms with Gasteiger partial charge in [0.05, 0.1) is 4.92 Å². The lowest BCUT2D eigenvalue weighted by Gasteiger charge is -2.15. The van der Waals surface area contributed by atoms with Crippen LogP contribution in [0.2, 0.25) is 5.02 Å². The smallest absolute Gasteiger partial charge is 0.310 e. The fourth-order valence-corrected chi connectivity index (χ4v) is 2.19. The Kier molecular flexibility index (Phi) is 7.16. The zero-order valence-electron chi connectivity index (χ0n) is 15.1. The summed E-state index contributed by atoms with van der Waals surface area (Å²) < 4.78 is 10.6. The SMILES string of the molecule is Cc1cc(OCC(=O)NNC(=O)C(C)Oc2ccccc2[N+](=O)[O-])ccc1Cl. The van der Waals surface area contributed by atoms with Gasteiger partial charge in [-0.1, -0.05) is 23.7 Å². The van der Waals surface area contributed by atoms with Gasteiger partial charge in [-0.3, -0.25) is 30.6 Å². The van der Waals surface area contributed by atoms with Crippen molar-refractivity contribution in [1.29, 1.82) is 0 Å². The number of carbonyl (C=O) groups excluding carboxylic acids is 2. The average molecular weight is 408 g/mol. The van der Waals surface area contributed by atoms with E-state index in [-0.39, 0.29) is 18.0 Å². The number of para-hydroxylation sites is 2. The molecule has 2 amide bonds. The monoisotopic (exact) mass is 407 g/mol. The number of rotatable bonds is 7. The average Bonchev–Trinajstić information content (AvgIpc) is 2.67. The number of aryl methyl sites for hydroxylation is 1. The van der Waals surface area contributed by atoms with Gasteiger partial charge < -0.3 is 9.47 Å². The van der Waals surface area contributed by atoms with Crippen LogP contribution in [0.1, 0.15) is 12.5 Å². The van der Waals surface area contributed by atoms with Crippen LogP contribution in [0.15, 0.2) is 42.5 Å². The summed E-state index contributed by atoms with van der Waals surface area (Å²) in [5.41, 5.74) is 4.89. The zero-order valence-corrected chi connectivity index (χ0v) is 15.9. The van der Waals surface area contributed by atoms with Crippen LogP contribution in [0.3, 0.4) is 0 Å². The van der Waals surface area contributed by atoms with Gasteiger partial charge in [0.15, 0.2) is 18.5 Å². The molecule has 0 aliphatic rings. The Hall–Kier alpha value is -3.33. The van der Waals surface area contributed by atoms with Crippen molar-refractivity contribution in [2.75, 3.05) is 6.61 Å². The van der Waals surface area contributed by atoms with E-state index in [1.165, 1.54) is 25.1 Å². The van der Waals surface area contributed by atoms with E-state index in [9.17, 15) is 19.7 Å². The van der Waals surface area contributed by atoms with Crippen molar-refractivity contribution in [2.24, 2.45) is 0 Å². The van der Waals surface area contributed by atoms with E-state index in [1.54, 1.807) is 31.2 Å². The highest BCUT2D eigenvalue weighted by atomic mass is 35.5. The number of ether oxygens (including phenoxy) is 2. The Balaban J connectivity index is 1.81. The number of carbonyl (C=O) groups is 2. The molecule has 2 N–H and O–H groups in total. The van der Waals surface area contributed by atoms with Crippen LogP contribution in [0, 0.1) is 17.0 Å². The summed E-state index contributed by atoms with van der Waals surface area (Å²) in [6, 6.07) is 10.6. The highest BCUT2D eigenvalue weighted by molar-refractivity contribution is 6.31. The van der Waals surface area contributed by atoms with Gasteiger partial charge in [0.25, 0.3) is 11.8 Å². The molecular formula is C18H18ClN3O6. The third-order valence-corrected chi connectivity index (χ3v) is 3.98. The molecular weight excluding hydrogens is 390 g/mol. The number of nitrogens with zero attached hydrogens (tertiary/aromatic N) is 1. The third-order valence-electron chi connectivity index (χ3n) is 3.56. The molecule has 0 fully saturated rings. The summed E-state index contributed by atoms with van der Waals surface area (Å²) >= 11 is 5.91. The second-order valence-corrected chi connectivity index (χ2v) is 6.13. The highest BCUT2D eigenvalue weighted by Crippen LogP contribution is 2.26. The summed E-state index contributed by atoms with van der Waals surface area (Å²) in [7, 11) is 0. The van der Waals surface area contributed by atoms with Gasteiger partial charge >= 0.3 is 5.69 Å². The highest BCUT2D eigenvalue weighted by Gasteiger charge is 2.21. The number of nitro benzene ring substituents is 1. The van der Waals surface area contributed by atoms with Crippen molar-refractivity contribution in [1.82, 2.24) is 10.9 Å². The van der Waals surface area contributed by atoms with E-state index >= 15 is 0 Å². The van der Waals surface area contributed by atoms with Crippen molar-refractivity contribution in [3.8, 4) is 11.5 Å². The predicted molar refractivity (Wildman–Crippen MR) is 101 cm³/mol. The minimum Gasteiger partial charge on any atom is -0.484 e. The molecule has 9 nitrogen and oxygen atoms in total. The fourth-order valence-electron chi connectivity index (χ4n) is 2.08. The number of hydrogen-bond acceptors (Lipinski definition) is 6. The summed E-state index contributed by atoms with van der Waals surface area (Å²) in [5.74, 6) is -0.882. The van der Waals surface area contributed by atoms with Gasteiger partial charge in [-0.25, -0.2) is 0 Å². The first-order valence-electron chi connectivity index (χ1n) is 8.15. The van der Waals surface area contributed by atoms with Gasteiger partial charge in [0.1, 0.15) is 5.75 Å². The number of nitrogens with one attached hydrogen (secondary N) is 2. The molecule has 2 aromatic rings. The summed E-state index contributed by atoms with van der Waals surface area (Å²) in [6.07, 6.45) is -1.08. The van der Waals surface area contributed by atoms with Crippen LogP contribution >= 0.6 is 11.6 Å². The quantitative estimate of drug-likeness (QED) is 0.537. The van der Waals surface area contributed by atoms with Crippen LogP contribution in [-0.4, -0.2) is 29.4 Å². The molecule has 0 saturated carbocycles. The van der Waals surface area contributed by atoms with Crippen molar-refractivity contribution in [3.63, 3.8) is 0 Å². The molecule has 1 unspecified atom stereocenters. The number of amides is 2. The minimum absolute atomic E-state index is 0.0529. The number of hydrazine groups is 1. The van der Waals surface area contributed by atoms with Gasteiger partial charge in [0, 0.05) is 11.1 Å². The molecule has 1 atom stereocenters. The number of hydrogen-bond donors (Lipinski definition) is 2. The maximum absolute atomic E-state index is 12.0. The van der Waals surface area contributed by atoms with Crippen LogP contribution in [0.25, 0.3) is 0 Å². The molecule has 2 rings (SSSR count). The molecule has 28 heavy (non-hydrogen) atoms. The largest absolute Gasteiger partial charge is 0.484 e. The second kappa shape index (κ2) is 9.56. The first-order chi connectivity index (χ1) is 13.3. The Morgan fingerprint density at radius 2 is 1.93 bits per heavy atom. The van der Waals surface area contributed by atoms with Gasteiger partial charge in [-0.05, 0) is 43.7 Å². The van der Waals surface area contributed by atoms with Crippen LogP contribution in [0.5, 0.6) is 11.5 Å². The van der Waals surface area contributed by atoms with Gasteiger partial charge in [-0.2, -0.15) is 0 Å². The van der Waals surface area contributed by atoms with Crippen LogP contribution < -0.4 is 20.3 Å². The van der Waals surface area contributed by atoms with Crippen molar-refractivity contribution in [3.05, 3.63) is 63.2 Å². The lowest BCUT2D eigenvalue weighted by atomic mass is 10.2. The van der Waals surface area contributed by atoms with E-state index in [4.69, 9.17) is 21.1 Å². The maximum Gasteiger partial charge on any atom is 0.310 e. The third kappa shape index (κ3) is 5.85. The molecule has 2 aromatic carbocycles. The molecule has 0 saturated heterocycles. The minimum atomic E-state index is -1.08. The van der Waals surface area contributed by atoms with Crippen LogP contribution in [-0.2, 0) is 9.59 Å². The van der Waals surface area contributed by atoms with E-state index in [2.05, 4.69) is 10.9 Å². The van der Waals surface area contributed by atoms with Gasteiger partial charge in [-0.15, -0.1) is 0 Å². The topological polar surface area (TPSA) is 120 Å². The molecule has 148 valence electrons. The lowest BCUT2D eigenvalue weighted by Crippen LogP contribution is -2.48. The normalized spacial score (nSPS) is 11.2. The first kappa shape index (κ1) is 21.0. The Morgan fingerprint density at radius 3 is 2.61 bits per heavy atom. The summed E-state index contributed by atoms with van der Waals surface area (Å²) in [6.45, 7) is 2.86. The van der Waals surface area contributed by atoms with Crippen molar-refractivity contribution < 1.29 is 24.0 Å². The molecule has 0 bridgehead atoms. The number of nitro groups is 1. The Labute approximate surface area is 165 Å². The van der Waals surface area contributed by atoms with Gasteiger partial charge in [0.2, 0.25) is 0 Å². The summed E-state index contributed by atoms with van der Waals surface area (Å²) in [5, 5.41) is 11.5. The lowest BCUT2D eigenvalue weighted by molar-refractivity contribution is -0.386. The standard InChI is InChI=1S/C18H18ClN3O6/c1-11-9-13(7-8-14(11)19)27-10-17(23)20-21-18(24)12(2)28-16-6-4-3-5-15(16)22(25)26/h3-9,12H,10H2,1-2H3,(H,20,23)(H,21,24). The second-order valence-electron chi connectivity index (χ2n) is 5.72. The van der Waals surface area contributed by atoms with E-state index in [0.29, 0.717) is 10.8 Å². The summed E-state index contributed by atoms with van der Waals surface area (Å²) in [4.78, 5) is 34.2. The molecule has 0 aliphatic carbocycles. The molecule has 0 spiro atoms. The van der Waals surface area contributed by atoms with Crippen LogP contribution in [0.4, 0.5) is 5.69 Å². The molecule has 0 aliphatic heterocycles. The van der Waals surface area contributed by atoms with E-state index in [1.807, 2.05) is 0 Å². The van der Waals surface area contributed by atoms with E-state index in [0.717, 1.165) is 5.56 Å². The molecule has 0 radical (unpaired) electrons. The number of halogens is 1. The van der Waals surface area contributed by atoms with Crippen molar-refractivity contribution in [2.45, 2.75) is 20.0 Å². The zero-order chi connectivity index (χ0) is 20.7. The molecule has 10 heteroatoms. The van der Waals surface area contributed by atoms with E-state index < -0.39 is 22.8 Å². The Morgan fingerprint density at radius 1 is 1.21 bits per heavy atom. The first-order valence-corrected chi connectivity index (χ1v) is 8.53. The Bertz CT molecular complexity index is 889.